The van der Waals surface area contributed by atoms with Crippen molar-refractivity contribution in [2.24, 2.45) is 11.7 Å². The molecule has 2 heterocycles. The zero-order chi connectivity index (χ0) is 20.7. The fourth-order valence-corrected chi connectivity index (χ4v) is 5.15. The van der Waals surface area contributed by atoms with Gasteiger partial charge in [-0.15, -0.1) is 11.3 Å². The van der Waals surface area contributed by atoms with Crippen molar-refractivity contribution < 1.29 is 19.2 Å². The van der Waals surface area contributed by atoms with E-state index >= 15 is 0 Å². The fraction of sp³-hybridized carbons (Fsp3) is 0.333. The van der Waals surface area contributed by atoms with E-state index in [-0.39, 0.29) is 30.6 Å². The number of nitrogens with two attached hydrogens (primary N) is 1. The predicted octanol–water partition coefficient (Wildman–Crippen LogP) is 2.88. The van der Waals surface area contributed by atoms with Crippen LogP contribution in [0.15, 0.2) is 24.3 Å². The highest BCUT2D eigenvalue weighted by Crippen LogP contribution is 2.39. The van der Waals surface area contributed by atoms with Gasteiger partial charge in [0.25, 0.3) is 11.8 Å². The number of hydrogen-bond acceptors (Lipinski definition) is 5. The van der Waals surface area contributed by atoms with Crippen molar-refractivity contribution in [1.82, 2.24) is 0 Å². The summed E-state index contributed by atoms with van der Waals surface area (Å²) >= 11 is 1.41. The van der Waals surface area contributed by atoms with Crippen LogP contribution in [-0.2, 0) is 22.4 Å². The Kier molecular flexibility index (Phi) is 4.96. The van der Waals surface area contributed by atoms with Crippen LogP contribution in [0.1, 0.15) is 57.3 Å². The Balaban J connectivity index is 1.56. The maximum absolute atomic E-state index is 12.7. The predicted molar refractivity (Wildman–Crippen MR) is 110 cm³/mol. The normalized spacial score (nSPS) is 18.7. The van der Waals surface area contributed by atoms with Gasteiger partial charge in [0.05, 0.1) is 11.3 Å². The van der Waals surface area contributed by atoms with Crippen molar-refractivity contribution in [1.29, 1.82) is 0 Å². The summed E-state index contributed by atoms with van der Waals surface area (Å²) < 4.78 is 0. The minimum absolute atomic E-state index is 0.207. The van der Waals surface area contributed by atoms with Crippen LogP contribution in [0.3, 0.4) is 0 Å². The standard InChI is InChI=1S/C21H21N3O4S/c1-11-2-7-15-14(10-11)18(19(22)27)21(29-15)23-20(28)12-3-5-13(6-4-12)24-16(25)8-9-17(24)26/h3-6,11H,2,7-10H2,1H3,(H2,22,27)(H,23,28)/t11-/m1/s1. The Labute approximate surface area is 171 Å². The van der Waals surface area contributed by atoms with Crippen LogP contribution in [0.5, 0.6) is 0 Å². The Hall–Kier alpha value is -3.00. The number of hydrogen-bond donors (Lipinski definition) is 2. The van der Waals surface area contributed by atoms with E-state index in [1.54, 1.807) is 24.3 Å². The highest BCUT2D eigenvalue weighted by atomic mass is 32.1. The van der Waals surface area contributed by atoms with E-state index in [2.05, 4.69) is 12.2 Å². The van der Waals surface area contributed by atoms with Crippen LogP contribution in [0, 0.1) is 5.92 Å². The van der Waals surface area contributed by atoms with Gasteiger partial charge in [-0.3, -0.25) is 24.1 Å². The molecule has 1 atom stereocenters. The molecule has 0 unspecified atom stereocenters. The van der Waals surface area contributed by atoms with Crippen molar-refractivity contribution in [3.8, 4) is 0 Å². The molecule has 8 heteroatoms. The molecule has 1 fully saturated rings. The van der Waals surface area contributed by atoms with Crippen LogP contribution < -0.4 is 16.0 Å². The zero-order valence-corrected chi connectivity index (χ0v) is 16.8. The number of carbonyl (C=O) groups is 4. The molecule has 3 N–H and O–H groups in total. The lowest BCUT2D eigenvalue weighted by Crippen LogP contribution is -2.28. The minimum Gasteiger partial charge on any atom is -0.365 e. The molecule has 1 aromatic carbocycles. The highest BCUT2D eigenvalue weighted by Gasteiger charge is 2.30. The summed E-state index contributed by atoms with van der Waals surface area (Å²) in [7, 11) is 0. The molecule has 29 heavy (non-hydrogen) atoms. The van der Waals surface area contributed by atoms with Gasteiger partial charge in [-0.1, -0.05) is 6.92 Å². The maximum Gasteiger partial charge on any atom is 0.256 e. The van der Waals surface area contributed by atoms with Gasteiger partial charge in [0.15, 0.2) is 0 Å². The first-order valence-electron chi connectivity index (χ1n) is 9.56. The third-order valence-corrected chi connectivity index (χ3v) is 6.63. The minimum atomic E-state index is -0.534. The third-order valence-electron chi connectivity index (χ3n) is 5.42. The number of amides is 4. The largest absolute Gasteiger partial charge is 0.365 e. The van der Waals surface area contributed by atoms with Gasteiger partial charge in [-0.2, -0.15) is 0 Å². The Morgan fingerprint density at radius 3 is 2.38 bits per heavy atom. The first-order chi connectivity index (χ1) is 13.8. The summed E-state index contributed by atoms with van der Waals surface area (Å²) in [6, 6.07) is 6.27. The lowest BCUT2D eigenvalue weighted by Gasteiger charge is -2.18. The van der Waals surface area contributed by atoms with Crippen LogP contribution in [0.2, 0.25) is 0 Å². The number of aryl methyl sites for hydroxylation is 1. The number of anilines is 2. The molecule has 1 aromatic heterocycles. The second-order valence-electron chi connectivity index (χ2n) is 7.54. The summed E-state index contributed by atoms with van der Waals surface area (Å²) in [6.07, 6.45) is 3.13. The van der Waals surface area contributed by atoms with Crippen LogP contribution >= 0.6 is 11.3 Å². The van der Waals surface area contributed by atoms with E-state index in [1.165, 1.54) is 11.3 Å². The van der Waals surface area contributed by atoms with E-state index in [9.17, 15) is 19.2 Å². The molecule has 1 aliphatic carbocycles. The van der Waals surface area contributed by atoms with Crippen molar-refractivity contribution in [2.75, 3.05) is 10.2 Å². The second kappa shape index (κ2) is 7.44. The van der Waals surface area contributed by atoms with Crippen LogP contribution in [-0.4, -0.2) is 23.6 Å². The number of thiophene rings is 1. The number of nitrogens with one attached hydrogen (secondary N) is 1. The van der Waals surface area contributed by atoms with Crippen molar-refractivity contribution >= 4 is 45.7 Å². The molecule has 0 radical (unpaired) electrons. The second-order valence-corrected chi connectivity index (χ2v) is 8.65. The maximum atomic E-state index is 12.7. The molecule has 0 bridgehead atoms. The topological polar surface area (TPSA) is 110 Å². The molecule has 0 spiro atoms. The SMILES string of the molecule is C[C@@H]1CCc2sc(NC(=O)c3ccc(N4C(=O)CCC4=O)cc3)c(C(N)=O)c2C1. The molecule has 2 aliphatic rings. The first kappa shape index (κ1) is 19.3. The molecule has 1 aliphatic heterocycles. The lowest BCUT2D eigenvalue weighted by atomic mass is 9.87. The molecule has 2 aromatic rings. The average molecular weight is 411 g/mol. The van der Waals surface area contributed by atoms with Crippen LogP contribution in [0.4, 0.5) is 10.7 Å². The van der Waals surface area contributed by atoms with Gasteiger partial charge in [0.1, 0.15) is 5.00 Å². The van der Waals surface area contributed by atoms with Gasteiger partial charge < -0.3 is 11.1 Å². The molecule has 1 saturated heterocycles. The Morgan fingerprint density at radius 1 is 1.10 bits per heavy atom. The molecule has 150 valence electrons. The van der Waals surface area contributed by atoms with Crippen molar-refractivity contribution in [2.45, 2.75) is 39.0 Å². The van der Waals surface area contributed by atoms with E-state index in [0.717, 1.165) is 34.6 Å². The van der Waals surface area contributed by atoms with E-state index in [1.807, 2.05) is 0 Å². The molecular formula is C21H21N3O4S. The number of imide groups is 1. The first-order valence-corrected chi connectivity index (χ1v) is 10.4. The number of fused-ring (bicyclic) bond motifs is 1. The zero-order valence-electron chi connectivity index (χ0n) is 16.0. The number of primary amides is 1. The average Bonchev–Trinajstić information content (AvgIpc) is 3.20. The van der Waals surface area contributed by atoms with Gasteiger partial charge in [-0.25, -0.2) is 0 Å². The Bertz CT molecular complexity index is 1010. The lowest BCUT2D eigenvalue weighted by molar-refractivity contribution is -0.121. The van der Waals surface area contributed by atoms with Gasteiger partial charge in [0.2, 0.25) is 11.8 Å². The summed E-state index contributed by atoms with van der Waals surface area (Å²) in [5.74, 6) is -0.909. The summed E-state index contributed by atoms with van der Waals surface area (Å²) in [6.45, 7) is 2.14. The summed E-state index contributed by atoms with van der Waals surface area (Å²) in [5, 5.41) is 3.30. The van der Waals surface area contributed by atoms with Crippen molar-refractivity contribution in [3.63, 3.8) is 0 Å². The number of nitrogens with zero attached hydrogens (tertiary/aromatic N) is 1. The monoisotopic (exact) mass is 411 g/mol. The number of rotatable bonds is 4. The highest BCUT2D eigenvalue weighted by molar-refractivity contribution is 7.17. The van der Waals surface area contributed by atoms with Gasteiger partial charge in [-0.05, 0) is 55.0 Å². The van der Waals surface area contributed by atoms with Crippen molar-refractivity contribution in [3.05, 3.63) is 45.8 Å². The fourth-order valence-electron chi connectivity index (χ4n) is 3.91. The summed E-state index contributed by atoms with van der Waals surface area (Å²) in [4.78, 5) is 50.7. The van der Waals surface area contributed by atoms with Crippen LogP contribution in [0.25, 0.3) is 0 Å². The number of carbonyl (C=O) groups excluding carboxylic acids is 4. The number of benzene rings is 1. The third kappa shape index (κ3) is 3.55. The Morgan fingerprint density at radius 2 is 1.76 bits per heavy atom. The molecule has 4 amide bonds. The van der Waals surface area contributed by atoms with Gasteiger partial charge >= 0.3 is 0 Å². The van der Waals surface area contributed by atoms with E-state index in [0.29, 0.717) is 27.7 Å². The van der Waals surface area contributed by atoms with E-state index < -0.39 is 5.91 Å². The molecular weight excluding hydrogens is 390 g/mol. The molecule has 7 nitrogen and oxygen atoms in total. The van der Waals surface area contributed by atoms with E-state index in [4.69, 9.17) is 5.73 Å². The molecule has 4 rings (SSSR count). The smallest absolute Gasteiger partial charge is 0.256 e. The summed E-state index contributed by atoms with van der Waals surface area (Å²) in [5.41, 5.74) is 7.79. The molecule has 0 saturated carbocycles. The van der Waals surface area contributed by atoms with Gasteiger partial charge in [0, 0.05) is 23.3 Å². The quantitative estimate of drug-likeness (QED) is 0.754.